The van der Waals surface area contributed by atoms with Crippen molar-refractivity contribution < 1.29 is 9.53 Å². The van der Waals surface area contributed by atoms with Crippen LogP contribution in [0.25, 0.3) is 0 Å². The molecule has 1 aromatic rings. The number of carbonyl (C=O) groups is 1. The Hall–Kier alpha value is -1.52. The number of hydrogen-bond donors (Lipinski definition) is 0. The van der Waals surface area contributed by atoms with Crippen molar-refractivity contribution in [2.24, 2.45) is 0 Å². The van der Waals surface area contributed by atoms with Crippen molar-refractivity contribution >= 4 is 5.97 Å². The first-order chi connectivity index (χ1) is 6.15. The van der Waals surface area contributed by atoms with Gasteiger partial charge < -0.3 is 4.74 Å². The van der Waals surface area contributed by atoms with E-state index in [1.165, 1.54) is 0 Å². The third-order valence-corrected chi connectivity index (χ3v) is 1.44. The fraction of sp³-hybridized carbons (Fsp3) is 0.500. The molecule has 0 atom stereocenters. The summed E-state index contributed by atoms with van der Waals surface area (Å²) in [6.45, 7) is 5.49. The van der Waals surface area contributed by atoms with Crippen LogP contribution in [0.4, 0.5) is 0 Å². The van der Waals surface area contributed by atoms with Crippen molar-refractivity contribution in [3.05, 3.63) is 17.2 Å². The van der Waals surface area contributed by atoms with Crippen molar-refractivity contribution in [2.75, 3.05) is 6.61 Å². The van der Waals surface area contributed by atoms with Gasteiger partial charge >= 0.3 is 5.97 Å². The summed E-state index contributed by atoms with van der Waals surface area (Å²) in [5, 5.41) is 7.39. The zero-order chi connectivity index (χ0) is 9.84. The van der Waals surface area contributed by atoms with Crippen LogP contribution in [0.3, 0.4) is 0 Å². The first-order valence-corrected chi connectivity index (χ1v) is 4.00. The van der Waals surface area contributed by atoms with Gasteiger partial charge in [-0.05, 0) is 20.8 Å². The van der Waals surface area contributed by atoms with Crippen molar-refractivity contribution in [2.45, 2.75) is 20.8 Å². The molecule has 1 rings (SSSR count). The van der Waals surface area contributed by atoms with Gasteiger partial charge in [-0.25, -0.2) is 9.78 Å². The Morgan fingerprint density at radius 2 is 2.08 bits per heavy atom. The molecule has 1 aromatic heterocycles. The number of aryl methyl sites for hydroxylation is 2. The molecule has 0 spiro atoms. The lowest BCUT2D eigenvalue weighted by Gasteiger charge is -2.02. The van der Waals surface area contributed by atoms with E-state index in [9.17, 15) is 4.79 Å². The number of aromatic nitrogens is 3. The Morgan fingerprint density at radius 3 is 2.62 bits per heavy atom. The molecule has 0 amide bonds. The molecule has 0 aromatic carbocycles. The minimum atomic E-state index is -0.472. The molecule has 13 heavy (non-hydrogen) atoms. The summed E-state index contributed by atoms with van der Waals surface area (Å²) >= 11 is 0. The van der Waals surface area contributed by atoms with E-state index in [1.54, 1.807) is 20.8 Å². The fourth-order valence-electron chi connectivity index (χ4n) is 0.901. The van der Waals surface area contributed by atoms with Gasteiger partial charge in [-0.1, -0.05) is 0 Å². The van der Waals surface area contributed by atoms with Crippen LogP contribution in [0, 0.1) is 13.8 Å². The number of hydrogen-bond acceptors (Lipinski definition) is 5. The molecule has 0 radical (unpaired) electrons. The van der Waals surface area contributed by atoms with Gasteiger partial charge in [0.1, 0.15) is 5.82 Å². The summed E-state index contributed by atoms with van der Waals surface area (Å²) in [6, 6.07) is 0. The monoisotopic (exact) mass is 181 g/mol. The summed E-state index contributed by atoms with van der Waals surface area (Å²) in [5.41, 5.74) is 0.735. The second-order valence-corrected chi connectivity index (χ2v) is 2.51. The molecule has 0 saturated heterocycles. The van der Waals surface area contributed by atoms with Crippen molar-refractivity contribution in [1.82, 2.24) is 15.2 Å². The van der Waals surface area contributed by atoms with Gasteiger partial charge in [0.2, 0.25) is 0 Å². The smallest absolute Gasteiger partial charge is 0.360 e. The first-order valence-electron chi connectivity index (χ1n) is 4.00. The van der Waals surface area contributed by atoms with E-state index < -0.39 is 5.97 Å². The zero-order valence-electron chi connectivity index (χ0n) is 7.87. The van der Waals surface area contributed by atoms with E-state index in [-0.39, 0.29) is 5.69 Å². The Kier molecular flexibility index (Phi) is 2.89. The second-order valence-electron chi connectivity index (χ2n) is 2.51. The Morgan fingerprint density at radius 1 is 1.38 bits per heavy atom. The molecule has 0 aliphatic rings. The zero-order valence-corrected chi connectivity index (χ0v) is 7.87. The van der Waals surface area contributed by atoms with Crippen LogP contribution in [-0.4, -0.2) is 27.8 Å². The topological polar surface area (TPSA) is 65.0 Å². The highest BCUT2D eigenvalue weighted by atomic mass is 16.5. The maximum Gasteiger partial charge on any atom is 0.360 e. The Bertz CT molecular complexity index is 325. The first kappa shape index (κ1) is 9.57. The minimum absolute atomic E-state index is 0.187. The van der Waals surface area contributed by atoms with Crippen molar-refractivity contribution in [3.8, 4) is 0 Å². The molecule has 1 heterocycles. The normalized spacial score (nSPS) is 9.77. The highest BCUT2D eigenvalue weighted by Crippen LogP contribution is 2.01. The summed E-state index contributed by atoms with van der Waals surface area (Å²) in [4.78, 5) is 15.2. The molecule has 0 unspecified atom stereocenters. The Balaban J connectivity index is 2.95. The molecule has 0 fully saturated rings. The molecule has 5 heteroatoms. The number of ether oxygens (including phenoxy) is 1. The van der Waals surface area contributed by atoms with Crippen LogP contribution < -0.4 is 0 Å². The molecule has 0 aliphatic carbocycles. The van der Waals surface area contributed by atoms with Gasteiger partial charge in [0, 0.05) is 0 Å². The van der Waals surface area contributed by atoms with Gasteiger partial charge in [0.15, 0.2) is 5.69 Å². The van der Waals surface area contributed by atoms with Gasteiger partial charge in [-0.2, -0.15) is 0 Å². The Labute approximate surface area is 76.2 Å². The van der Waals surface area contributed by atoms with E-state index in [0.29, 0.717) is 18.1 Å². The molecule has 0 N–H and O–H groups in total. The van der Waals surface area contributed by atoms with Crippen molar-refractivity contribution in [3.63, 3.8) is 0 Å². The highest BCUT2D eigenvalue weighted by molar-refractivity contribution is 5.88. The third kappa shape index (κ3) is 2.21. The van der Waals surface area contributed by atoms with Crippen LogP contribution in [0.2, 0.25) is 0 Å². The van der Waals surface area contributed by atoms with Crippen LogP contribution in [0.15, 0.2) is 0 Å². The predicted octanol–water partition coefficient (Wildman–Crippen LogP) is 0.665. The van der Waals surface area contributed by atoms with Gasteiger partial charge in [-0.15, -0.1) is 10.2 Å². The van der Waals surface area contributed by atoms with E-state index in [4.69, 9.17) is 4.74 Å². The number of nitrogens with zero attached hydrogens (tertiary/aromatic N) is 3. The largest absolute Gasteiger partial charge is 0.461 e. The SMILES string of the molecule is CCOC(=O)c1nnc(C)nc1C. The summed E-state index contributed by atoms with van der Waals surface area (Å²) in [6.07, 6.45) is 0. The quantitative estimate of drug-likeness (QED) is 0.627. The maximum absolute atomic E-state index is 11.2. The lowest BCUT2D eigenvalue weighted by Crippen LogP contribution is -2.12. The van der Waals surface area contributed by atoms with Gasteiger partial charge in [0.25, 0.3) is 0 Å². The summed E-state index contributed by atoms with van der Waals surface area (Å²) in [7, 11) is 0. The van der Waals surface area contributed by atoms with E-state index in [0.717, 1.165) is 0 Å². The highest BCUT2D eigenvalue weighted by Gasteiger charge is 2.13. The molecular weight excluding hydrogens is 170 g/mol. The lowest BCUT2D eigenvalue weighted by atomic mass is 10.3. The number of rotatable bonds is 2. The molecular formula is C8H11N3O2. The van der Waals surface area contributed by atoms with Gasteiger partial charge in [0.05, 0.1) is 12.3 Å². The van der Waals surface area contributed by atoms with Crippen LogP contribution >= 0.6 is 0 Å². The van der Waals surface area contributed by atoms with Crippen LogP contribution in [0.1, 0.15) is 28.9 Å². The van der Waals surface area contributed by atoms with E-state index >= 15 is 0 Å². The maximum atomic E-state index is 11.2. The van der Waals surface area contributed by atoms with Crippen LogP contribution in [-0.2, 0) is 4.74 Å². The average molecular weight is 181 g/mol. The second kappa shape index (κ2) is 3.93. The number of carbonyl (C=O) groups excluding carboxylic acids is 1. The van der Waals surface area contributed by atoms with E-state index in [1.807, 2.05) is 0 Å². The van der Waals surface area contributed by atoms with Crippen LogP contribution in [0.5, 0.6) is 0 Å². The van der Waals surface area contributed by atoms with E-state index in [2.05, 4.69) is 15.2 Å². The molecule has 5 nitrogen and oxygen atoms in total. The molecule has 0 bridgehead atoms. The lowest BCUT2D eigenvalue weighted by molar-refractivity contribution is 0.0516. The van der Waals surface area contributed by atoms with Gasteiger partial charge in [-0.3, -0.25) is 0 Å². The summed E-state index contributed by atoms with van der Waals surface area (Å²) in [5.74, 6) is 0.0746. The number of esters is 1. The fourth-order valence-corrected chi connectivity index (χ4v) is 0.901. The standard InChI is InChI=1S/C8H11N3O2/c1-4-13-8(12)7-5(2)9-6(3)10-11-7/h4H2,1-3H3. The molecule has 0 saturated carbocycles. The minimum Gasteiger partial charge on any atom is -0.461 e. The van der Waals surface area contributed by atoms with Crippen molar-refractivity contribution in [1.29, 1.82) is 0 Å². The molecule has 0 aliphatic heterocycles. The summed E-state index contributed by atoms with van der Waals surface area (Å²) < 4.78 is 4.77. The molecule has 70 valence electrons. The predicted molar refractivity (Wildman–Crippen MR) is 45.3 cm³/mol. The average Bonchev–Trinajstić information content (AvgIpc) is 2.04. The third-order valence-electron chi connectivity index (χ3n) is 1.44.